The fourth-order valence-corrected chi connectivity index (χ4v) is 3.32. The Bertz CT molecular complexity index is 752. The molecule has 6 nitrogen and oxygen atoms in total. The van der Waals surface area contributed by atoms with Gasteiger partial charge in [-0.15, -0.1) is 0 Å². The minimum absolute atomic E-state index is 0.120. The highest BCUT2D eigenvalue weighted by Crippen LogP contribution is 2.25. The maximum atomic E-state index is 12.9. The number of ether oxygens (including phenoxy) is 2. The number of hydrogen-bond acceptors (Lipinski definition) is 4. The van der Waals surface area contributed by atoms with Crippen LogP contribution in [0, 0.1) is 5.92 Å². The fraction of sp³-hybridized carbons (Fsp3) is 0.409. The van der Waals surface area contributed by atoms with Gasteiger partial charge in [0.05, 0.1) is 18.9 Å². The summed E-state index contributed by atoms with van der Waals surface area (Å²) in [5.74, 6) is 0.962. The largest absolute Gasteiger partial charge is 0.487 e. The van der Waals surface area contributed by atoms with Crippen LogP contribution in [0.1, 0.15) is 5.56 Å². The van der Waals surface area contributed by atoms with Gasteiger partial charge in [0, 0.05) is 25.6 Å². The number of nitrogens with zero attached hydrogens (tertiary/aromatic N) is 2. The van der Waals surface area contributed by atoms with Crippen LogP contribution in [0.4, 0.5) is 10.5 Å². The standard InChI is InChI=1S/C22H29N3O3/c1-24(2)14-19-15-25(12-13-27-16-19)22(26)23-20-10-6-7-11-21(20)28-17-18-8-4-3-5-9-18/h3-11,19H,12-17H2,1-2H3,(H,23,26)/t19-/m1/s1. The Hall–Kier alpha value is -2.57. The van der Waals surface area contributed by atoms with Crippen molar-refractivity contribution < 1.29 is 14.3 Å². The highest BCUT2D eigenvalue weighted by Gasteiger charge is 2.23. The third kappa shape index (κ3) is 5.97. The zero-order valence-corrected chi connectivity index (χ0v) is 16.6. The van der Waals surface area contributed by atoms with Crippen molar-refractivity contribution in [1.29, 1.82) is 0 Å². The van der Waals surface area contributed by atoms with Crippen LogP contribution in [-0.2, 0) is 11.3 Å². The summed E-state index contributed by atoms with van der Waals surface area (Å²) in [5.41, 5.74) is 1.76. The van der Waals surface area contributed by atoms with E-state index in [0.717, 1.165) is 12.1 Å². The van der Waals surface area contributed by atoms with Gasteiger partial charge >= 0.3 is 6.03 Å². The second kappa shape index (κ2) is 10.1. The monoisotopic (exact) mass is 383 g/mol. The lowest BCUT2D eigenvalue weighted by molar-refractivity contribution is 0.112. The number of urea groups is 1. The van der Waals surface area contributed by atoms with Gasteiger partial charge in [-0.1, -0.05) is 42.5 Å². The summed E-state index contributed by atoms with van der Waals surface area (Å²) >= 11 is 0. The lowest BCUT2D eigenvalue weighted by Crippen LogP contribution is -2.41. The van der Waals surface area contributed by atoms with Crippen molar-refractivity contribution in [2.45, 2.75) is 6.61 Å². The van der Waals surface area contributed by atoms with Crippen LogP contribution >= 0.6 is 0 Å². The molecule has 1 aliphatic heterocycles. The van der Waals surface area contributed by atoms with Crippen molar-refractivity contribution in [2.24, 2.45) is 5.92 Å². The second-order valence-corrected chi connectivity index (χ2v) is 7.35. The van der Waals surface area contributed by atoms with Gasteiger partial charge in [0.15, 0.2) is 0 Å². The first-order valence-corrected chi connectivity index (χ1v) is 9.66. The number of amides is 2. The van der Waals surface area contributed by atoms with Crippen LogP contribution in [0.3, 0.4) is 0 Å². The van der Waals surface area contributed by atoms with E-state index in [0.29, 0.717) is 50.3 Å². The van der Waals surface area contributed by atoms with E-state index in [1.807, 2.05) is 73.6 Å². The van der Waals surface area contributed by atoms with Crippen molar-refractivity contribution in [1.82, 2.24) is 9.80 Å². The Balaban J connectivity index is 1.63. The Kier molecular flexibility index (Phi) is 7.28. The predicted octanol–water partition coefficient (Wildman–Crippen LogP) is 3.31. The van der Waals surface area contributed by atoms with Gasteiger partial charge < -0.3 is 24.6 Å². The van der Waals surface area contributed by atoms with E-state index in [1.165, 1.54) is 0 Å². The topological polar surface area (TPSA) is 54.0 Å². The molecule has 0 unspecified atom stereocenters. The molecule has 0 radical (unpaired) electrons. The summed E-state index contributed by atoms with van der Waals surface area (Å²) < 4.78 is 11.6. The van der Waals surface area contributed by atoms with Crippen LogP contribution in [0.5, 0.6) is 5.75 Å². The van der Waals surface area contributed by atoms with Crippen molar-refractivity contribution in [2.75, 3.05) is 52.3 Å². The second-order valence-electron chi connectivity index (χ2n) is 7.35. The normalized spacial score (nSPS) is 17.2. The molecule has 1 N–H and O–H groups in total. The molecule has 0 saturated carbocycles. The van der Waals surface area contributed by atoms with E-state index in [1.54, 1.807) is 0 Å². The summed E-state index contributed by atoms with van der Waals surface area (Å²) in [5, 5.41) is 3.01. The fourth-order valence-electron chi connectivity index (χ4n) is 3.32. The Morgan fingerprint density at radius 1 is 1.18 bits per heavy atom. The molecule has 1 aliphatic rings. The molecule has 6 heteroatoms. The van der Waals surface area contributed by atoms with Crippen molar-refractivity contribution in [3.05, 3.63) is 60.2 Å². The molecule has 0 spiro atoms. The van der Waals surface area contributed by atoms with Crippen LogP contribution in [0.15, 0.2) is 54.6 Å². The Labute approximate surface area is 167 Å². The minimum atomic E-state index is -0.120. The van der Waals surface area contributed by atoms with Gasteiger partial charge in [0.25, 0.3) is 0 Å². The first-order valence-electron chi connectivity index (χ1n) is 9.66. The third-order valence-electron chi connectivity index (χ3n) is 4.61. The highest BCUT2D eigenvalue weighted by molar-refractivity contribution is 5.91. The van der Waals surface area contributed by atoms with Crippen LogP contribution in [0.25, 0.3) is 0 Å². The lowest BCUT2D eigenvalue weighted by atomic mass is 10.1. The molecule has 1 saturated heterocycles. The maximum absolute atomic E-state index is 12.9. The molecule has 2 aromatic rings. The number of para-hydroxylation sites is 2. The quantitative estimate of drug-likeness (QED) is 0.832. The molecule has 0 aliphatic carbocycles. The third-order valence-corrected chi connectivity index (χ3v) is 4.61. The van der Waals surface area contributed by atoms with E-state index in [-0.39, 0.29) is 6.03 Å². The molecule has 1 heterocycles. The Morgan fingerprint density at radius 3 is 2.71 bits per heavy atom. The number of rotatable bonds is 6. The average molecular weight is 383 g/mol. The first-order chi connectivity index (χ1) is 13.6. The summed E-state index contributed by atoms with van der Waals surface area (Å²) in [4.78, 5) is 16.8. The van der Waals surface area contributed by atoms with Gasteiger partial charge in [-0.05, 0) is 31.8 Å². The van der Waals surface area contributed by atoms with E-state index in [4.69, 9.17) is 9.47 Å². The molecule has 2 aromatic carbocycles. The molecule has 1 atom stereocenters. The minimum Gasteiger partial charge on any atom is -0.487 e. The summed E-state index contributed by atoms with van der Waals surface area (Å²) in [6, 6.07) is 17.4. The number of anilines is 1. The molecule has 150 valence electrons. The van der Waals surface area contributed by atoms with Gasteiger partial charge in [0.1, 0.15) is 12.4 Å². The summed E-state index contributed by atoms with van der Waals surface area (Å²) in [6.45, 7) is 3.85. The SMILES string of the molecule is CN(C)C[C@H]1COCCN(C(=O)Nc2ccccc2OCc2ccccc2)C1. The number of carbonyl (C=O) groups excluding carboxylic acids is 1. The van der Waals surface area contributed by atoms with Crippen LogP contribution in [0.2, 0.25) is 0 Å². The van der Waals surface area contributed by atoms with Crippen molar-refractivity contribution in [3.63, 3.8) is 0 Å². The van der Waals surface area contributed by atoms with Gasteiger partial charge in [-0.2, -0.15) is 0 Å². The van der Waals surface area contributed by atoms with Crippen LogP contribution < -0.4 is 10.1 Å². The van der Waals surface area contributed by atoms with Crippen molar-refractivity contribution >= 4 is 11.7 Å². The molecule has 1 fully saturated rings. The molecule has 2 amide bonds. The molecule has 0 aromatic heterocycles. The highest BCUT2D eigenvalue weighted by atomic mass is 16.5. The van der Waals surface area contributed by atoms with E-state index < -0.39 is 0 Å². The van der Waals surface area contributed by atoms with Gasteiger partial charge in [-0.3, -0.25) is 0 Å². The molecule has 0 bridgehead atoms. The molecular formula is C22H29N3O3. The summed E-state index contributed by atoms with van der Waals surface area (Å²) in [6.07, 6.45) is 0. The van der Waals surface area contributed by atoms with E-state index in [9.17, 15) is 4.79 Å². The average Bonchev–Trinajstić information content (AvgIpc) is 2.93. The number of carbonyl (C=O) groups is 1. The molecule has 28 heavy (non-hydrogen) atoms. The zero-order chi connectivity index (χ0) is 19.8. The molecule has 3 rings (SSSR count). The first kappa shape index (κ1) is 20.2. The van der Waals surface area contributed by atoms with E-state index >= 15 is 0 Å². The number of benzene rings is 2. The van der Waals surface area contributed by atoms with Gasteiger partial charge in [0.2, 0.25) is 0 Å². The number of nitrogens with one attached hydrogen (secondary N) is 1. The predicted molar refractivity (Wildman–Crippen MR) is 111 cm³/mol. The molecular weight excluding hydrogens is 354 g/mol. The lowest BCUT2D eigenvalue weighted by Gasteiger charge is -2.26. The maximum Gasteiger partial charge on any atom is 0.322 e. The Morgan fingerprint density at radius 2 is 1.93 bits per heavy atom. The zero-order valence-electron chi connectivity index (χ0n) is 16.6. The van der Waals surface area contributed by atoms with Crippen molar-refractivity contribution in [3.8, 4) is 5.75 Å². The van der Waals surface area contributed by atoms with Gasteiger partial charge in [-0.25, -0.2) is 4.79 Å². The summed E-state index contributed by atoms with van der Waals surface area (Å²) in [7, 11) is 4.07. The smallest absolute Gasteiger partial charge is 0.322 e. The number of hydrogen-bond donors (Lipinski definition) is 1. The van der Waals surface area contributed by atoms with E-state index in [2.05, 4.69) is 10.2 Å². The van der Waals surface area contributed by atoms with Crippen LogP contribution in [-0.4, -0.2) is 62.8 Å².